The minimum Gasteiger partial charge on any atom is -0.399 e. The highest BCUT2D eigenvalue weighted by Gasteiger charge is 2.51. The largest absolute Gasteiger partial charge is 0.494 e. The summed E-state index contributed by atoms with van der Waals surface area (Å²) in [5.74, 6) is 0. The standard InChI is InChI=1S/C22H27BN2O2/c1-21(2)22(3,4)27-23(26-21)20-12-18(16-7-5-9-24-14-16)11-19(13-20)17-8-6-10-25-15-17/h5-9,11-13,15,24-25H,10,14H2,1-4H3. The number of rotatable bonds is 3. The Morgan fingerprint density at radius 2 is 1.70 bits per heavy atom. The molecule has 1 aromatic carbocycles. The third-order valence-electron chi connectivity index (χ3n) is 5.78. The van der Waals surface area contributed by atoms with E-state index in [2.05, 4.69) is 81.0 Å². The van der Waals surface area contributed by atoms with Crippen LogP contribution < -0.4 is 16.1 Å². The number of allylic oxidation sites excluding steroid dienone is 4. The zero-order chi connectivity index (χ0) is 19.1. The van der Waals surface area contributed by atoms with Gasteiger partial charge in [-0.15, -0.1) is 0 Å². The van der Waals surface area contributed by atoms with Crippen LogP contribution in [0.15, 0.2) is 54.9 Å². The van der Waals surface area contributed by atoms with Gasteiger partial charge in [-0.2, -0.15) is 0 Å². The molecule has 1 aromatic rings. The number of nitrogens with one attached hydrogen (secondary N) is 2. The van der Waals surface area contributed by atoms with Crippen molar-refractivity contribution in [3.8, 4) is 0 Å². The van der Waals surface area contributed by atoms with E-state index in [9.17, 15) is 0 Å². The Kier molecular flexibility index (Phi) is 4.53. The van der Waals surface area contributed by atoms with Crippen molar-refractivity contribution in [1.29, 1.82) is 0 Å². The van der Waals surface area contributed by atoms with Crippen molar-refractivity contribution in [2.45, 2.75) is 38.9 Å². The smallest absolute Gasteiger partial charge is 0.399 e. The highest BCUT2D eigenvalue weighted by Crippen LogP contribution is 2.37. The predicted molar refractivity (Wildman–Crippen MR) is 112 cm³/mol. The fraction of sp³-hybridized carbons (Fsp3) is 0.364. The van der Waals surface area contributed by atoms with Gasteiger partial charge in [-0.1, -0.05) is 30.4 Å². The van der Waals surface area contributed by atoms with E-state index in [-0.39, 0.29) is 18.3 Å². The first-order chi connectivity index (χ1) is 12.9. The molecule has 0 bridgehead atoms. The summed E-state index contributed by atoms with van der Waals surface area (Å²) in [5, 5.41) is 6.59. The molecular weight excluding hydrogens is 335 g/mol. The van der Waals surface area contributed by atoms with E-state index in [0.717, 1.165) is 24.1 Å². The zero-order valence-corrected chi connectivity index (χ0v) is 16.5. The lowest BCUT2D eigenvalue weighted by Crippen LogP contribution is -2.41. The number of hydrogen-bond donors (Lipinski definition) is 2. The molecule has 0 unspecified atom stereocenters. The Morgan fingerprint density at radius 1 is 0.963 bits per heavy atom. The van der Waals surface area contributed by atoms with E-state index in [1.54, 1.807) is 0 Å². The van der Waals surface area contributed by atoms with Crippen molar-refractivity contribution in [2.75, 3.05) is 13.1 Å². The maximum absolute atomic E-state index is 6.31. The molecule has 140 valence electrons. The number of dihydropyridines is 2. The normalized spacial score (nSPS) is 22.7. The van der Waals surface area contributed by atoms with Gasteiger partial charge in [0, 0.05) is 19.3 Å². The number of benzene rings is 1. The molecule has 0 aromatic heterocycles. The van der Waals surface area contributed by atoms with Crippen LogP contribution in [0.2, 0.25) is 0 Å². The van der Waals surface area contributed by atoms with E-state index in [1.165, 1.54) is 16.7 Å². The lowest BCUT2D eigenvalue weighted by Gasteiger charge is -2.32. The van der Waals surface area contributed by atoms with Crippen LogP contribution in [0.5, 0.6) is 0 Å². The van der Waals surface area contributed by atoms with Crippen LogP contribution in [0.4, 0.5) is 0 Å². The van der Waals surface area contributed by atoms with Crippen molar-refractivity contribution >= 4 is 23.7 Å². The van der Waals surface area contributed by atoms with Gasteiger partial charge in [-0.3, -0.25) is 0 Å². The van der Waals surface area contributed by atoms with Gasteiger partial charge in [0.1, 0.15) is 0 Å². The first kappa shape index (κ1) is 18.1. The summed E-state index contributed by atoms with van der Waals surface area (Å²) in [6, 6.07) is 6.62. The van der Waals surface area contributed by atoms with Crippen molar-refractivity contribution < 1.29 is 9.31 Å². The molecule has 3 heterocycles. The molecule has 3 aliphatic heterocycles. The van der Waals surface area contributed by atoms with Gasteiger partial charge in [0.25, 0.3) is 0 Å². The molecule has 5 heteroatoms. The van der Waals surface area contributed by atoms with Gasteiger partial charge in [-0.25, -0.2) is 0 Å². The third kappa shape index (κ3) is 3.49. The number of hydrogen-bond acceptors (Lipinski definition) is 4. The van der Waals surface area contributed by atoms with Gasteiger partial charge in [0.05, 0.1) is 11.2 Å². The molecular formula is C22H27BN2O2. The predicted octanol–water partition coefficient (Wildman–Crippen LogP) is 2.99. The third-order valence-corrected chi connectivity index (χ3v) is 5.78. The molecule has 0 radical (unpaired) electrons. The fourth-order valence-corrected chi connectivity index (χ4v) is 3.43. The molecule has 2 N–H and O–H groups in total. The molecule has 0 spiro atoms. The van der Waals surface area contributed by atoms with Crippen LogP contribution >= 0.6 is 0 Å². The summed E-state index contributed by atoms with van der Waals surface area (Å²) in [6.45, 7) is 10.0. The second kappa shape index (κ2) is 6.73. The van der Waals surface area contributed by atoms with E-state index >= 15 is 0 Å². The minimum atomic E-state index is -0.373. The van der Waals surface area contributed by atoms with Crippen molar-refractivity contribution in [2.24, 2.45) is 0 Å². The van der Waals surface area contributed by atoms with E-state index in [0.29, 0.717) is 0 Å². The summed E-state index contributed by atoms with van der Waals surface area (Å²) in [4.78, 5) is 0. The van der Waals surface area contributed by atoms with E-state index < -0.39 is 0 Å². The maximum Gasteiger partial charge on any atom is 0.494 e. The van der Waals surface area contributed by atoms with Crippen LogP contribution in [-0.4, -0.2) is 31.4 Å². The van der Waals surface area contributed by atoms with Crippen LogP contribution in [0.1, 0.15) is 38.8 Å². The van der Waals surface area contributed by atoms with Gasteiger partial charge in [0.2, 0.25) is 0 Å². The van der Waals surface area contributed by atoms with Crippen molar-refractivity contribution in [1.82, 2.24) is 10.6 Å². The Bertz CT molecular complexity index is 849. The van der Waals surface area contributed by atoms with Crippen molar-refractivity contribution in [3.05, 3.63) is 66.0 Å². The maximum atomic E-state index is 6.31. The summed E-state index contributed by atoms with van der Waals surface area (Å²) in [6.07, 6.45) is 12.5. The average molecular weight is 362 g/mol. The van der Waals surface area contributed by atoms with Gasteiger partial charge < -0.3 is 19.9 Å². The van der Waals surface area contributed by atoms with E-state index in [4.69, 9.17) is 9.31 Å². The first-order valence-electron chi connectivity index (χ1n) is 9.56. The molecule has 1 saturated heterocycles. The average Bonchev–Trinajstić information content (AvgIpc) is 2.90. The highest BCUT2D eigenvalue weighted by atomic mass is 16.7. The summed E-state index contributed by atoms with van der Waals surface area (Å²) >= 11 is 0. The van der Waals surface area contributed by atoms with Crippen LogP contribution in [0, 0.1) is 0 Å². The summed E-state index contributed by atoms with van der Waals surface area (Å²) in [7, 11) is -0.373. The lowest BCUT2D eigenvalue weighted by atomic mass is 9.76. The van der Waals surface area contributed by atoms with Crippen molar-refractivity contribution in [3.63, 3.8) is 0 Å². The Hall–Kier alpha value is -2.24. The molecule has 0 saturated carbocycles. The monoisotopic (exact) mass is 362 g/mol. The topological polar surface area (TPSA) is 42.5 Å². The molecule has 4 nitrogen and oxygen atoms in total. The Balaban J connectivity index is 1.77. The van der Waals surface area contributed by atoms with Crippen LogP contribution in [0.25, 0.3) is 11.1 Å². The molecule has 0 aliphatic carbocycles. The van der Waals surface area contributed by atoms with Gasteiger partial charge in [0.15, 0.2) is 0 Å². The molecule has 3 aliphatic rings. The fourth-order valence-electron chi connectivity index (χ4n) is 3.43. The molecule has 0 atom stereocenters. The summed E-state index contributed by atoms with van der Waals surface area (Å²) < 4.78 is 12.6. The SMILES string of the molecule is CC1(C)OB(c2cc(C3=CNCC=C3)cc(C3=CC=CNC3)c2)OC1(C)C. The Morgan fingerprint density at radius 3 is 2.33 bits per heavy atom. The van der Waals surface area contributed by atoms with Gasteiger partial charge >= 0.3 is 7.12 Å². The molecule has 27 heavy (non-hydrogen) atoms. The van der Waals surface area contributed by atoms with E-state index in [1.807, 2.05) is 12.3 Å². The van der Waals surface area contributed by atoms with Crippen LogP contribution in [-0.2, 0) is 9.31 Å². The zero-order valence-electron chi connectivity index (χ0n) is 16.5. The quantitative estimate of drug-likeness (QED) is 0.812. The first-order valence-corrected chi connectivity index (χ1v) is 9.56. The molecule has 4 rings (SSSR count). The Labute approximate surface area is 162 Å². The molecule has 1 fully saturated rings. The van der Waals surface area contributed by atoms with Crippen LogP contribution in [0.3, 0.4) is 0 Å². The lowest BCUT2D eigenvalue weighted by molar-refractivity contribution is 0.00578. The summed E-state index contributed by atoms with van der Waals surface area (Å²) in [5.41, 5.74) is 5.12. The second-order valence-corrected chi connectivity index (χ2v) is 8.27. The minimum absolute atomic E-state index is 0.353. The second-order valence-electron chi connectivity index (χ2n) is 8.27. The molecule has 0 amide bonds. The van der Waals surface area contributed by atoms with Gasteiger partial charge in [-0.05, 0) is 73.8 Å². The highest BCUT2D eigenvalue weighted by molar-refractivity contribution is 6.62.